The molecule has 1 aromatic carbocycles. The van der Waals surface area contributed by atoms with E-state index >= 15 is 0 Å². The van der Waals surface area contributed by atoms with E-state index in [0.29, 0.717) is 78.9 Å². The average molecular weight is 849 g/mol. The lowest BCUT2D eigenvalue weighted by atomic mass is 9.70. The van der Waals surface area contributed by atoms with Gasteiger partial charge in [-0.05, 0) is 76.2 Å². The molecule has 1 unspecified atom stereocenters. The van der Waals surface area contributed by atoms with Crippen LogP contribution in [0.25, 0.3) is 22.2 Å². The fourth-order valence-corrected chi connectivity index (χ4v) is 12.1. The molecule has 3 aromatic heterocycles. The van der Waals surface area contributed by atoms with Crippen LogP contribution in [0.4, 0.5) is 11.6 Å². The number of allylic oxidation sites excluding steroid dienone is 1. The molecule has 310 valence electrons. The molecule has 1 spiro atoms. The van der Waals surface area contributed by atoms with Gasteiger partial charge in [-0.25, -0.2) is 14.8 Å². The maximum Gasteiger partial charge on any atom is 0.342 e. The van der Waals surface area contributed by atoms with Gasteiger partial charge in [0, 0.05) is 70.9 Å². The van der Waals surface area contributed by atoms with Crippen molar-refractivity contribution >= 4 is 56.4 Å². The number of anilines is 2. The third-order valence-corrected chi connectivity index (χ3v) is 15.3. The van der Waals surface area contributed by atoms with Gasteiger partial charge in [-0.2, -0.15) is 0 Å². The third kappa shape index (κ3) is 6.59. The molecule has 4 aromatic rings. The number of nitrogen functional groups attached to an aromatic ring is 2. The van der Waals surface area contributed by atoms with Crippen LogP contribution in [0.2, 0.25) is 0 Å². The van der Waals surface area contributed by atoms with E-state index < -0.39 is 28.9 Å². The normalized spacial score (nSPS) is 28.9. The Morgan fingerprint density at radius 3 is 2.80 bits per heavy atom. The van der Waals surface area contributed by atoms with Gasteiger partial charge in [0.2, 0.25) is 0 Å². The van der Waals surface area contributed by atoms with Gasteiger partial charge < -0.3 is 40.5 Å². The van der Waals surface area contributed by atoms with Gasteiger partial charge in [-0.1, -0.05) is 27.7 Å². The number of rotatable bonds is 5. The second-order valence-corrected chi connectivity index (χ2v) is 19.4. The smallest absolute Gasteiger partial charge is 0.342 e. The van der Waals surface area contributed by atoms with Crippen molar-refractivity contribution in [2.24, 2.45) is 4.99 Å². The largest absolute Gasteiger partial charge is 0.507 e. The summed E-state index contributed by atoms with van der Waals surface area (Å²) in [6.45, 7) is 5.60. The minimum Gasteiger partial charge on any atom is -0.507 e. The maximum atomic E-state index is 14.7. The van der Waals surface area contributed by atoms with Crippen LogP contribution in [0, 0.1) is 6.92 Å². The number of aryl methyl sites for hydroxylation is 2. The predicted octanol–water partition coefficient (Wildman–Crippen LogP) is 4.26. The molecule has 14 nitrogen and oxygen atoms in total. The van der Waals surface area contributed by atoms with E-state index in [1.54, 1.807) is 34.6 Å². The number of aliphatic imine (C=N–C) groups is 1. The molecule has 6 atom stereocenters. The second-order valence-electron chi connectivity index (χ2n) is 16.8. The van der Waals surface area contributed by atoms with Crippen LogP contribution in [-0.4, -0.2) is 75.6 Å². The van der Waals surface area contributed by atoms with Crippen LogP contribution in [0.15, 0.2) is 80.2 Å². The Morgan fingerprint density at radius 1 is 1.10 bits per heavy atom. The zero-order chi connectivity index (χ0) is 41.6. The van der Waals surface area contributed by atoms with Crippen molar-refractivity contribution in [2.75, 3.05) is 31.6 Å². The van der Waals surface area contributed by atoms with Crippen molar-refractivity contribution in [3.63, 3.8) is 0 Å². The van der Waals surface area contributed by atoms with Crippen molar-refractivity contribution in [1.29, 1.82) is 0 Å². The van der Waals surface area contributed by atoms with Gasteiger partial charge in [-0.15, -0.1) is 0 Å². The number of nitrogens with one attached hydrogen (secondary N) is 2. The van der Waals surface area contributed by atoms with Crippen LogP contribution >= 0.6 is 21.6 Å². The molecular weight excluding hydrogens is 803 g/mol. The number of hydrogen-bond donors (Lipinski definition) is 5. The van der Waals surface area contributed by atoms with E-state index in [9.17, 15) is 14.7 Å². The van der Waals surface area contributed by atoms with E-state index in [2.05, 4.69) is 28.7 Å². The highest BCUT2D eigenvalue weighted by Crippen LogP contribution is 2.55. The van der Waals surface area contributed by atoms with E-state index in [0.717, 1.165) is 34.6 Å². The highest BCUT2D eigenvalue weighted by Gasteiger charge is 2.66. The molecule has 7 N–H and O–H groups in total. The first-order chi connectivity index (χ1) is 28.9. The Balaban J connectivity index is 1.04. The minimum atomic E-state index is -1.34. The molecule has 16 heteroatoms. The van der Waals surface area contributed by atoms with Crippen LogP contribution in [0.3, 0.4) is 0 Å². The minimum absolute atomic E-state index is 0.0561. The number of esters is 1. The number of ether oxygens (including phenoxy) is 3. The lowest BCUT2D eigenvalue weighted by Gasteiger charge is -2.52. The Hall–Kier alpha value is -5.13. The summed E-state index contributed by atoms with van der Waals surface area (Å²) >= 11 is 0. The van der Waals surface area contributed by atoms with Crippen molar-refractivity contribution < 1.29 is 33.4 Å². The number of aromatic hydroxyl groups is 1. The molecular formula is C44H46N7O7S2+. The highest BCUT2D eigenvalue weighted by molar-refractivity contribution is 8.76. The molecule has 1 fully saturated rings. The molecule has 60 heavy (non-hydrogen) atoms. The topological polar surface area (TPSA) is 205 Å². The number of pyridine rings is 2. The van der Waals surface area contributed by atoms with Crippen molar-refractivity contribution in [3.8, 4) is 22.8 Å². The van der Waals surface area contributed by atoms with Gasteiger partial charge >= 0.3 is 5.97 Å². The van der Waals surface area contributed by atoms with Crippen molar-refractivity contribution in [2.45, 2.75) is 86.4 Å². The van der Waals surface area contributed by atoms with Crippen LogP contribution in [-0.2, 0) is 39.4 Å². The number of phenolic OH excluding ortho intramolecular Hbond substituents is 1. The molecule has 0 saturated carbocycles. The number of fused-ring (bicyclic) bond motifs is 7. The SMILES string of the molecule is CNCC[C@@]12O[C@@H]1CCc1cc(N)nc(c1)-c1cc(C[NH+]3C=C4N=CC=C4C3)nc(N)c1CSS[C@H]1C=C[C@]3(Cc4c(cc5oc(C)cc(=O)c5c4O)O[C@@]3(C)C1)OC2=O. The number of nitrogens with zero attached hydrogens (tertiary/aromatic N) is 3. The quantitative estimate of drug-likeness (QED) is 0.0825. The first-order valence-corrected chi connectivity index (χ1v) is 22.6. The molecule has 6 aliphatic heterocycles. The Kier molecular flexibility index (Phi) is 9.44. The highest BCUT2D eigenvalue weighted by atomic mass is 33.1. The van der Waals surface area contributed by atoms with E-state index in [1.165, 1.54) is 16.5 Å². The molecule has 0 amide bonds. The molecule has 4 bridgehead atoms. The van der Waals surface area contributed by atoms with Crippen LogP contribution in [0.1, 0.15) is 54.3 Å². The van der Waals surface area contributed by atoms with Gasteiger partial charge in [-0.3, -0.25) is 14.7 Å². The summed E-state index contributed by atoms with van der Waals surface area (Å²) in [5, 5.41) is 14.8. The van der Waals surface area contributed by atoms with Crippen molar-refractivity contribution in [3.05, 3.63) is 104 Å². The summed E-state index contributed by atoms with van der Waals surface area (Å²) in [7, 11) is 5.14. The summed E-state index contributed by atoms with van der Waals surface area (Å²) in [4.78, 5) is 43.3. The lowest BCUT2D eigenvalue weighted by molar-refractivity contribution is -0.852. The summed E-state index contributed by atoms with van der Waals surface area (Å²) in [5.41, 5.74) is 16.4. The van der Waals surface area contributed by atoms with Crippen LogP contribution < -0.4 is 31.8 Å². The zero-order valence-corrected chi connectivity index (χ0v) is 35.1. The summed E-state index contributed by atoms with van der Waals surface area (Å²) < 4.78 is 25.9. The number of phenols is 1. The van der Waals surface area contributed by atoms with Gasteiger partial charge in [0.15, 0.2) is 22.2 Å². The lowest BCUT2D eigenvalue weighted by Crippen LogP contribution is -3.04. The molecule has 0 radical (unpaired) electrons. The molecule has 9 heterocycles. The standard InChI is InChI=1S/C44H45N7O7S2/c1-23-12-33(52)38-35(55-23)16-34-29(39(38)53)18-43-8-6-27(17-42(43,2)56-34)60-59-22-30-28(15-26(49-40(30)46)20-51-19-25-7-10-48-32(25)21-51)31-13-24(14-37(45)50-31)4-5-36-44(57-36,9-11-47-3)41(54)58-43/h6-8,10,12-16,21,27,36,47,53H,4-5,9,11,17-20,22H2,1-3H3,(H2,45,50)(H2,46,49)/p+1/t27-,36+,42-,43+,44+/m0/s1. The Bertz CT molecular complexity index is 2680. The molecule has 7 aliphatic rings. The first kappa shape index (κ1) is 39.0. The molecule has 1 saturated heterocycles. The van der Waals surface area contributed by atoms with Crippen LogP contribution in [0.5, 0.6) is 11.5 Å². The number of hydrogen-bond acceptors (Lipinski definition) is 15. The van der Waals surface area contributed by atoms with Gasteiger partial charge in [0.25, 0.3) is 0 Å². The fourth-order valence-electron chi connectivity index (χ4n) is 9.44. The molecule has 11 rings (SSSR count). The first-order valence-electron chi connectivity index (χ1n) is 20.2. The summed E-state index contributed by atoms with van der Waals surface area (Å²) in [5.74, 6) is 1.40. The average Bonchev–Trinajstić information content (AvgIpc) is 3.52. The van der Waals surface area contributed by atoms with E-state index in [-0.39, 0.29) is 33.8 Å². The second kappa shape index (κ2) is 14.5. The maximum absolute atomic E-state index is 14.7. The van der Waals surface area contributed by atoms with Crippen molar-refractivity contribution in [1.82, 2.24) is 15.3 Å². The number of carbonyl (C=O) groups excluding carboxylic acids is 1. The van der Waals surface area contributed by atoms with E-state index in [4.69, 9.17) is 40.1 Å². The number of carbonyl (C=O) groups is 1. The third-order valence-electron chi connectivity index (χ3n) is 12.7. The molecule has 1 aliphatic carbocycles. The fraction of sp³-hybridized carbons (Fsp3) is 0.386. The Labute approximate surface area is 353 Å². The van der Waals surface area contributed by atoms with Gasteiger partial charge in [0.1, 0.15) is 64.9 Å². The number of benzene rings is 1. The predicted molar refractivity (Wildman–Crippen MR) is 232 cm³/mol. The number of aromatic nitrogens is 2. The number of quaternary nitrogens is 1. The summed E-state index contributed by atoms with van der Waals surface area (Å²) in [6.07, 6.45) is 11.6. The zero-order valence-electron chi connectivity index (χ0n) is 33.5. The monoisotopic (exact) mass is 848 g/mol. The number of nitrogens with two attached hydrogens (primary N) is 2. The van der Waals surface area contributed by atoms with Gasteiger partial charge in [0.05, 0.1) is 17.5 Å². The Morgan fingerprint density at radius 2 is 1.97 bits per heavy atom. The van der Waals surface area contributed by atoms with E-state index in [1.807, 2.05) is 44.5 Å². The summed E-state index contributed by atoms with van der Waals surface area (Å²) in [6, 6.07) is 9.01. The number of epoxide rings is 1.